The Morgan fingerprint density at radius 1 is 1.26 bits per heavy atom. The molecule has 1 aliphatic rings. The summed E-state index contributed by atoms with van der Waals surface area (Å²) in [6.07, 6.45) is 4.29. The highest BCUT2D eigenvalue weighted by Gasteiger charge is 2.21. The Morgan fingerprint density at radius 3 is 2.74 bits per heavy atom. The Bertz CT molecular complexity index is 1070. The summed E-state index contributed by atoms with van der Waals surface area (Å²) in [7, 11) is 1.62. The number of methoxy groups -OCH3 is 1. The number of hydrogen-bond donors (Lipinski definition) is 2. The summed E-state index contributed by atoms with van der Waals surface area (Å²) >= 11 is 7.03. The smallest absolute Gasteiger partial charge is 0.281 e. The van der Waals surface area contributed by atoms with Gasteiger partial charge in [-0.2, -0.15) is 0 Å². The number of ether oxygens (including phenoxy) is 1. The van der Waals surface area contributed by atoms with Crippen LogP contribution in [0.3, 0.4) is 0 Å². The molecule has 0 saturated heterocycles. The van der Waals surface area contributed by atoms with E-state index in [1.54, 1.807) is 18.4 Å². The first-order valence-electron chi connectivity index (χ1n) is 8.83. The SMILES string of the molecule is COc1ccc(NC(=S)Nn2c(C)nc3sc4c(c3c2=O)CCCC4)cc1. The summed E-state index contributed by atoms with van der Waals surface area (Å²) < 4.78 is 6.58. The molecule has 0 bridgehead atoms. The van der Waals surface area contributed by atoms with E-state index in [9.17, 15) is 4.79 Å². The molecule has 0 saturated carbocycles. The topological polar surface area (TPSA) is 68.2 Å². The number of nitrogens with zero attached hydrogens (tertiary/aromatic N) is 2. The van der Waals surface area contributed by atoms with Crippen LogP contribution in [-0.4, -0.2) is 21.9 Å². The van der Waals surface area contributed by atoms with Crippen molar-refractivity contribution in [3.8, 4) is 5.75 Å². The molecule has 8 heteroatoms. The van der Waals surface area contributed by atoms with Gasteiger partial charge in [0.1, 0.15) is 16.4 Å². The quantitative estimate of drug-likeness (QED) is 0.655. The van der Waals surface area contributed by atoms with E-state index in [1.807, 2.05) is 31.2 Å². The first-order chi connectivity index (χ1) is 13.1. The van der Waals surface area contributed by atoms with Gasteiger partial charge in [0.25, 0.3) is 5.56 Å². The maximum absolute atomic E-state index is 13.1. The molecule has 0 unspecified atom stereocenters. The number of fused-ring (bicyclic) bond motifs is 3. The lowest BCUT2D eigenvalue weighted by Gasteiger charge is -2.15. The molecule has 2 N–H and O–H groups in total. The summed E-state index contributed by atoms with van der Waals surface area (Å²) in [5.74, 6) is 1.35. The summed E-state index contributed by atoms with van der Waals surface area (Å²) in [5, 5.41) is 4.15. The van der Waals surface area contributed by atoms with Gasteiger partial charge < -0.3 is 10.1 Å². The number of nitrogens with one attached hydrogen (secondary N) is 2. The molecule has 2 heterocycles. The third-order valence-corrected chi connectivity index (χ3v) is 6.10. The second kappa shape index (κ2) is 7.28. The van der Waals surface area contributed by atoms with Crippen LogP contribution in [0.4, 0.5) is 5.69 Å². The van der Waals surface area contributed by atoms with Crippen LogP contribution in [0.5, 0.6) is 5.75 Å². The highest BCUT2D eigenvalue weighted by Crippen LogP contribution is 2.33. The highest BCUT2D eigenvalue weighted by atomic mass is 32.1. The van der Waals surface area contributed by atoms with Crippen molar-refractivity contribution in [1.82, 2.24) is 9.66 Å². The van der Waals surface area contributed by atoms with Gasteiger partial charge in [-0.3, -0.25) is 10.2 Å². The summed E-state index contributed by atoms with van der Waals surface area (Å²) in [4.78, 5) is 19.9. The Labute approximate surface area is 166 Å². The number of aryl methyl sites for hydroxylation is 3. The maximum atomic E-state index is 13.1. The maximum Gasteiger partial charge on any atom is 0.281 e. The van der Waals surface area contributed by atoms with Gasteiger partial charge in [0.05, 0.1) is 12.5 Å². The van der Waals surface area contributed by atoms with Crippen LogP contribution in [0.1, 0.15) is 29.1 Å². The molecule has 0 fully saturated rings. The predicted molar refractivity (Wildman–Crippen MR) is 114 cm³/mol. The number of rotatable bonds is 3. The fourth-order valence-corrected chi connectivity index (χ4v) is 4.88. The minimum atomic E-state index is -0.0872. The summed E-state index contributed by atoms with van der Waals surface area (Å²) in [5.41, 5.74) is 4.87. The number of hydrogen-bond acceptors (Lipinski definition) is 5. The van der Waals surface area contributed by atoms with Gasteiger partial charge in [0, 0.05) is 10.6 Å². The van der Waals surface area contributed by atoms with Gasteiger partial charge in [0.2, 0.25) is 0 Å². The van der Waals surface area contributed by atoms with Gasteiger partial charge in [0.15, 0.2) is 5.11 Å². The van der Waals surface area contributed by atoms with E-state index < -0.39 is 0 Å². The normalized spacial score (nSPS) is 13.3. The molecule has 3 aromatic rings. The molecule has 1 aromatic carbocycles. The van der Waals surface area contributed by atoms with E-state index >= 15 is 0 Å². The minimum Gasteiger partial charge on any atom is -0.497 e. The molecule has 0 spiro atoms. The number of benzene rings is 1. The van der Waals surface area contributed by atoms with Crippen LogP contribution in [-0.2, 0) is 12.8 Å². The van der Waals surface area contributed by atoms with Crippen LogP contribution in [0, 0.1) is 6.92 Å². The fraction of sp³-hybridized carbons (Fsp3) is 0.316. The van der Waals surface area contributed by atoms with Gasteiger partial charge >= 0.3 is 0 Å². The van der Waals surface area contributed by atoms with E-state index in [2.05, 4.69) is 15.7 Å². The first kappa shape index (κ1) is 17.9. The lowest BCUT2D eigenvalue weighted by molar-refractivity contribution is 0.415. The molecule has 2 aromatic heterocycles. The molecule has 0 aliphatic heterocycles. The molecule has 6 nitrogen and oxygen atoms in total. The summed E-state index contributed by atoms with van der Waals surface area (Å²) in [6.45, 7) is 1.81. The molecule has 0 radical (unpaired) electrons. The molecule has 0 atom stereocenters. The van der Waals surface area contributed by atoms with Crippen LogP contribution < -0.4 is 21.0 Å². The van der Waals surface area contributed by atoms with E-state index in [4.69, 9.17) is 17.0 Å². The second-order valence-electron chi connectivity index (χ2n) is 6.49. The van der Waals surface area contributed by atoms with Gasteiger partial charge in [-0.15, -0.1) is 11.3 Å². The molecule has 0 amide bonds. The van der Waals surface area contributed by atoms with E-state index in [-0.39, 0.29) is 5.56 Å². The first-order valence-corrected chi connectivity index (χ1v) is 10.1. The van der Waals surface area contributed by atoms with Crippen molar-refractivity contribution in [2.45, 2.75) is 32.6 Å². The Kier molecular flexibility index (Phi) is 4.84. The van der Waals surface area contributed by atoms with Crippen molar-refractivity contribution < 1.29 is 4.74 Å². The molecular weight excluding hydrogens is 380 g/mol. The second-order valence-corrected chi connectivity index (χ2v) is 7.98. The number of aromatic nitrogens is 2. The third kappa shape index (κ3) is 3.42. The van der Waals surface area contributed by atoms with Crippen LogP contribution in [0.25, 0.3) is 10.2 Å². The zero-order valence-electron chi connectivity index (χ0n) is 15.2. The van der Waals surface area contributed by atoms with Crippen LogP contribution >= 0.6 is 23.6 Å². The van der Waals surface area contributed by atoms with E-state index in [0.717, 1.165) is 40.9 Å². The average Bonchev–Trinajstić information content (AvgIpc) is 3.04. The van der Waals surface area contributed by atoms with Crippen LogP contribution in [0.15, 0.2) is 29.1 Å². The van der Waals surface area contributed by atoms with Crippen molar-refractivity contribution >= 4 is 44.6 Å². The zero-order chi connectivity index (χ0) is 19.0. The molecule has 4 rings (SSSR count). The minimum absolute atomic E-state index is 0.0872. The number of thiophene rings is 1. The van der Waals surface area contributed by atoms with Crippen molar-refractivity contribution in [3.05, 3.63) is 50.9 Å². The predicted octanol–water partition coefficient (Wildman–Crippen LogP) is 3.59. The molecule has 27 heavy (non-hydrogen) atoms. The Balaban J connectivity index is 1.62. The molecule has 1 aliphatic carbocycles. The summed E-state index contributed by atoms with van der Waals surface area (Å²) in [6, 6.07) is 7.40. The number of thiocarbonyl (C=S) groups is 1. The van der Waals surface area contributed by atoms with Crippen molar-refractivity contribution in [2.75, 3.05) is 17.9 Å². The van der Waals surface area contributed by atoms with Crippen molar-refractivity contribution in [3.63, 3.8) is 0 Å². The zero-order valence-corrected chi connectivity index (χ0v) is 16.8. The van der Waals surface area contributed by atoms with E-state index in [1.165, 1.54) is 21.5 Å². The highest BCUT2D eigenvalue weighted by molar-refractivity contribution is 7.80. The average molecular weight is 401 g/mol. The van der Waals surface area contributed by atoms with Gasteiger partial charge in [-0.25, -0.2) is 9.66 Å². The lowest BCUT2D eigenvalue weighted by Crippen LogP contribution is -2.37. The van der Waals surface area contributed by atoms with Crippen molar-refractivity contribution in [2.24, 2.45) is 0 Å². The van der Waals surface area contributed by atoms with Gasteiger partial charge in [-0.05, 0) is 74.7 Å². The van der Waals surface area contributed by atoms with Crippen molar-refractivity contribution in [1.29, 1.82) is 0 Å². The fourth-order valence-electron chi connectivity index (χ4n) is 3.37. The molecule has 140 valence electrons. The Morgan fingerprint density at radius 2 is 2.00 bits per heavy atom. The third-order valence-electron chi connectivity index (χ3n) is 4.72. The largest absolute Gasteiger partial charge is 0.497 e. The Hall–Kier alpha value is -2.45. The molecular formula is C19H20N4O2S2. The standard InChI is InChI=1S/C19H20N4O2S2/c1-11-20-17-16(14-5-3-4-6-15(14)27-17)18(24)23(11)22-19(26)21-12-7-9-13(25-2)10-8-12/h7-10H,3-6H2,1-2H3,(H2,21,22,26). The lowest BCUT2D eigenvalue weighted by atomic mass is 9.97. The monoisotopic (exact) mass is 400 g/mol. The van der Waals surface area contributed by atoms with Gasteiger partial charge in [-0.1, -0.05) is 0 Å². The number of anilines is 1. The van der Waals surface area contributed by atoms with E-state index in [0.29, 0.717) is 10.9 Å². The van der Waals surface area contributed by atoms with Crippen LogP contribution in [0.2, 0.25) is 0 Å².